The van der Waals surface area contributed by atoms with Crippen molar-refractivity contribution in [2.75, 3.05) is 27.4 Å². The zero-order chi connectivity index (χ0) is 23.5. The summed E-state index contributed by atoms with van der Waals surface area (Å²) in [6, 6.07) is 0. The van der Waals surface area contributed by atoms with E-state index in [1.807, 2.05) is 0 Å². The highest BCUT2D eigenvalue weighted by molar-refractivity contribution is 6.74. The molecule has 0 N–H and O–H groups in total. The number of carbonyl (C=O) groups excluding carboxylic acids is 2. The fourth-order valence-electron chi connectivity index (χ4n) is 3.37. The number of amides is 1. The van der Waals surface area contributed by atoms with Gasteiger partial charge in [0.1, 0.15) is 5.60 Å². The van der Waals surface area contributed by atoms with Crippen LogP contribution in [0.2, 0.25) is 18.1 Å². The monoisotopic (exact) mass is 443 g/mol. The molecule has 1 heterocycles. The summed E-state index contributed by atoms with van der Waals surface area (Å²) in [4.78, 5) is 27.5. The normalized spacial score (nSPS) is 22.7. The maximum absolute atomic E-state index is 13.1. The van der Waals surface area contributed by atoms with Crippen LogP contribution in [0.25, 0.3) is 0 Å². The van der Waals surface area contributed by atoms with Crippen molar-refractivity contribution in [2.45, 2.75) is 89.8 Å². The van der Waals surface area contributed by atoms with E-state index in [4.69, 9.17) is 18.6 Å². The molecule has 1 unspecified atom stereocenters. The first-order chi connectivity index (χ1) is 13.5. The maximum Gasteiger partial charge on any atom is 0.411 e. The van der Waals surface area contributed by atoms with Crippen molar-refractivity contribution in [3.63, 3.8) is 0 Å². The number of nitrogens with zero attached hydrogens (tertiary/aromatic N) is 1. The summed E-state index contributed by atoms with van der Waals surface area (Å²) in [6.07, 6.45) is -0.402. The molecule has 0 aromatic heterocycles. The van der Waals surface area contributed by atoms with E-state index in [0.29, 0.717) is 25.1 Å². The van der Waals surface area contributed by atoms with Crippen molar-refractivity contribution in [3.05, 3.63) is 12.2 Å². The Hall–Kier alpha value is -1.38. The van der Waals surface area contributed by atoms with Crippen molar-refractivity contribution in [3.8, 4) is 0 Å². The molecule has 7 nitrogen and oxygen atoms in total. The van der Waals surface area contributed by atoms with E-state index in [-0.39, 0.29) is 11.5 Å². The standard InChI is InChI=1S/C22H41NO6Si/c1-16(15-28-30(10,11)21(5,6)7)14-22(18(24)27-9)17(26-8)12-13-23(22)19(25)29-20(2,3)4/h17H,1,12-15H2,2-11H3/t17-,22?/m1/s1. The highest BCUT2D eigenvalue weighted by Gasteiger charge is 2.59. The lowest BCUT2D eigenvalue weighted by Gasteiger charge is -2.40. The molecule has 174 valence electrons. The molecule has 1 amide bonds. The minimum Gasteiger partial charge on any atom is -0.467 e. The van der Waals surface area contributed by atoms with E-state index >= 15 is 0 Å². The molecule has 1 fully saturated rings. The molecule has 30 heavy (non-hydrogen) atoms. The Morgan fingerprint density at radius 2 is 1.70 bits per heavy atom. The molecular weight excluding hydrogens is 402 g/mol. The molecule has 0 aromatic carbocycles. The third kappa shape index (κ3) is 5.86. The van der Waals surface area contributed by atoms with Gasteiger partial charge < -0.3 is 18.6 Å². The van der Waals surface area contributed by atoms with Crippen LogP contribution in [0.1, 0.15) is 54.4 Å². The van der Waals surface area contributed by atoms with Crippen LogP contribution >= 0.6 is 0 Å². The summed E-state index contributed by atoms with van der Waals surface area (Å²) in [6.45, 7) is 21.0. The molecule has 1 aliphatic heterocycles. The van der Waals surface area contributed by atoms with Crippen LogP contribution < -0.4 is 0 Å². The van der Waals surface area contributed by atoms with Crippen molar-refractivity contribution in [1.82, 2.24) is 4.90 Å². The van der Waals surface area contributed by atoms with E-state index in [9.17, 15) is 9.59 Å². The van der Waals surface area contributed by atoms with E-state index in [1.54, 1.807) is 20.8 Å². The topological polar surface area (TPSA) is 74.3 Å². The number of likely N-dealkylation sites (tertiary alicyclic amines) is 1. The average Bonchev–Trinajstić information content (AvgIpc) is 2.96. The molecule has 1 rings (SSSR count). The van der Waals surface area contributed by atoms with Crippen molar-refractivity contribution in [2.24, 2.45) is 0 Å². The summed E-state index contributed by atoms with van der Waals surface area (Å²) < 4.78 is 22.6. The summed E-state index contributed by atoms with van der Waals surface area (Å²) in [7, 11) is 0.862. The molecule has 1 saturated heterocycles. The molecule has 8 heteroatoms. The first-order valence-electron chi connectivity index (χ1n) is 10.4. The Bertz CT molecular complexity index is 649. The molecule has 0 radical (unpaired) electrons. The average molecular weight is 444 g/mol. The van der Waals surface area contributed by atoms with E-state index in [2.05, 4.69) is 40.4 Å². The first kappa shape index (κ1) is 26.7. The number of hydrogen-bond donors (Lipinski definition) is 0. The molecule has 2 atom stereocenters. The van der Waals surface area contributed by atoms with Gasteiger partial charge in [0.15, 0.2) is 13.9 Å². The molecule has 0 spiro atoms. The number of esters is 1. The Labute approximate surface area is 183 Å². The van der Waals surface area contributed by atoms with Crippen LogP contribution in [0.5, 0.6) is 0 Å². The zero-order valence-electron chi connectivity index (χ0n) is 20.5. The largest absolute Gasteiger partial charge is 0.467 e. The van der Waals surface area contributed by atoms with Gasteiger partial charge in [0.25, 0.3) is 0 Å². The van der Waals surface area contributed by atoms with Gasteiger partial charge in [0.05, 0.1) is 19.8 Å². The van der Waals surface area contributed by atoms with Gasteiger partial charge in [0.2, 0.25) is 0 Å². The van der Waals surface area contributed by atoms with Crippen LogP contribution in [-0.4, -0.2) is 69.9 Å². The number of rotatable bonds is 7. The predicted octanol–water partition coefficient (Wildman–Crippen LogP) is 4.52. The van der Waals surface area contributed by atoms with Gasteiger partial charge in [-0.05, 0) is 45.3 Å². The van der Waals surface area contributed by atoms with E-state index in [1.165, 1.54) is 19.1 Å². The number of hydrogen-bond acceptors (Lipinski definition) is 6. The van der Waals surface area contributed by atoms with Gasteiger partial charge >= 0.3 is 12.1 Å². The fraction of sp³-hybridized carbons (Fsp3) is 0.818. The Morgan fingerprint density at radius 1 is 1.13 bits per heavy atom. The summed E-state index contributed by atoms with van der Waals surface area (Å²) in [5.41, 5.74) is -1.31. The lowest BCUT2D eigenvalue weighted by atomic mass is 9.86. The van der Waals surface area contributed by atoms with Crippen LogP contribution in [-0.2, 0) is 23.4 Å². The summed E-state index contributed by atoms with van der Waals surface area (Å²) in [5, 5.41) is 0.0539. The molecular formula is C22H41NO6Si. The molecule has 0 bridgehead atoms. The number of ether oxygens (including phenoxy) is 3. The maximum atomic E-state index is 13.1. The fourth-order valence-corrected chi connectivity index (χ4v) is 4.37. The molecule has 0 saturated carbocycles. The number of carbonyl (C=O) groups is 2. The molecule has 0 aromatic rings. The number of methoxy groups -OCH3 is 2. The van der Waals surface area contributed by atoms with Crippen LogP contribution in [0.4, 0.5) is 4.79 Å². The Kier molecular flexibility index (Phi) is 8.35. The van der Waals surface area contributed by atoms with E-state index in [0.717, 1.165) is 0 Å². The van der Waals surface area contributed by atoms with Gasteiger partial charge in [-0.1, -0.05) is 32.9 Å². The Morgan fingerprint density at radius 3 is 2.13 bits per heavy atom. The van der Waals surface area contributed by atoms with Gasteiger partial charge in [-0.2, -0.15) is 0 Å². The second-order valence-corrected chi connectivity index (χ2v) is 15.3. The van der Waals surface area contributed by atoms with Crippen molar-refractivity contribution >= 4 is 20.4 Å². The lowest BCUT2D eigenvalue weighted by molar-refractivity contribution is -0.159. The minimum atomic E-state index is -1.99. The lowest BCUT2D eigenvalue weighted by Crippen LogP contribution is -2.60. The first-order valence-corrected chi connectivity index (χ1v) is 13.3. The second-order valence-electron chi connectivity index (χ2n) is 10.5. The zero-order valence-corrected chi connectivity index (χ0v) is 21.5. The smallest absolute Gasteiger partial charge is 0.411 e. The SMILES string of the molecule is C=C(CO[Si](C)(C)C(C)(C)C)CC1(C(=O)OC)[C@H](OC)CCN1C(=O)OC(C)(C)C. The van der Waals surface area contributed by atoms with Gasteiger partial charge in [-0.15, -0.1) is 0 Å². The molecule has 1 aliphatic rings. The Balaban J connectivity index is 3.19. The summed E-state index contributed by atoms with van der Waals surface area (Å²) >= 11 is 0. The van der Waals surface area contributed by atoms with Gasteiger partial charge in [-0.3, -0.25) is 4.90 Å². The van der Waals surface area contributed by atoms with Crippen LogP contribution in [0.3, 0.4) is 0 Å². The predicted molar refractivity (Wildman–Crippen MR) is 120 cm³/mol. The van der Waals surface area contributed by atoms with Crippen molar-refractivity contribution in [1.29, 1.82) is 0 Å². The second kappa shape index (κ2) is 9.40. The third-order valence-corrected chi connectivity index (χ3v) is 10.5. The third-order valence-electron chi connectivity index (χ3n) is 6.03. The quantitative estimate of drug-likeness (QED) is 0.327. The van der Waals surface area contributed by atoms with Crippen LogP contribution in [0, 0.1) is 0 Å². The highest BCUT2D eigenvalue weighted by atomic mass is 28.4. The highest BCUT2D eigenvalue weighted by Crippen LogP contribution is 2.40. The summed E-state index contributed by atoms with van der Waals surface area (Å²) in [5.74, 6) is -0.536. The van der Waals surface area contributed by atoms with Gasteiger partial charge in [0, 0.05) is 20.1 Å². The van der Waals surface area contributed by atoms with Crippen molar-refractivity contribution < 1.29 is 28.2 Å². The van der Waals surface area contributed by atoms with Gasteiger partial charge in [-0.25, -0.2) is 9.59 Å². The van der Waals surface area contributed by atoms with Crippen LogP contribution in [0.15, 0.2) is 12.2 Å². The molecule has 0 aliphatic carbocycles. The van der Waals surface area contributed by atoms with E-state index < -0.39 is 37.6 Å². The minimum absolute atomic E-state index is 0.0539.